The molecule has 0 aromatic rings. The topological polar surface area (TPSA) is 43.4 Å². The highest BCUT2D eigenvalue weighted by Crippen LogP contribution is 2.14. The number of unbranched alkanes of at least 4 members (excludes halogenated alkanes) is 4. The number of methoxy groups -OCH3 is 1. The van der Waals surface area contributed by atoms with Crippen LogP contribution in [0.25, 0.3) is 0 Å². The molecule has 0 spiro atoms. The van der Waals surface area contributed by atoms with Gasteiger partial charge in [0.15, 0.2) is 0 Å². The van der Waals surface area contributed by atoms with Crippen molar-refractivity contribution >= 4 is 12.3 Å². The molecule has 0 aliphatic rings. The molecule has 0 N–H and O–H groups in total. The minimum Gasteiger partial charge on any atom is -0.469 e. The number of hydrogen-bond donors (Lipinski definition) is 0. The molecule has 16 heavy (non-hydrogen) atoms. The fourth-order valence-corrected chi connectivity index (χ4v) is 1.70. The molecule has 0 radical (unpaired) electrons. The lowest BCUT2D eigenvalue weighted by molar-refractivity contribution is -0.140. The van der Waals surface area contributed by atoms with E-state index < -0.39 is 0 Å². The van der Waals surface area contributed by atoms with Crippen LogP contribution >= 0.6 is 0 Å². The molecule has 0 fully saturated rings. The monoisotopic (exact) mass is 228 g/mol. The van der Waals surface area contributed by atoms with Crippen LogP contribution in [0.4, 0.5) is 0 Å². The zero-order valence-electron chi connectivity index (χ0n) is 10.5. The Morgan fingerprint density at radius 1 is 1.19 bits per heavy atom. The number of esters is 1. The molecule has 0 heterocycles. The Hall–Kier alpha value is -0.860. The number of hydrogen-bond acceptors (Lipinski definition) is 3. The van der Waals surface area contributed by atoms with Crippen molar-refractivity contribution < 1.29 is 14.3 Å². The fourth-order valence-electron chi connectivity index (χ4n) is 1.70. The van der Waals surface area contributed by atoms with E-state index >= 15 is 0 Å². The summed E-state index contributed by atoms with van der Waals surface area (Å²) in [5, 5.41) is 0. The van der Waals surface area contributed by atoms with Crippen molar-refractivity contribution in [1.82, 2.24) is 0 Å². The van der Waals surface area contributed by atoms with Gasteiger partial charge in [-0.05, 0) is 12.8 Å². The minimum absolute atomic E-state index is 0.0285. The first kappa shape index (κ1) is 15.1. The highest BCUT2D eigenvalue weighted by molar-refractivity contribution is 5.69. The Morgan fingerprint density at radius 2 is 1.88 bits per heavy atom. The van der Waals surface area contributed by atoms with Gasteiger partial charge in [0.2, 0.25) is 0 Å². The van der Waals surface area contributed by atoms with E-state index in [2.05, 4.69) is 11.7 Å². The average molecular weight is 228 g/mol. The fraction of sp³-hybridized carbons (Fsp3) is 0.846. The van der Waals surface area contributed by atoms with Gasteiger partial charge in [0, 0.05) is 12.3 Å². The van der Waals surface area contributed by atoms with Crippen LogP contribution in [-0.4, -0.2) is 19.4 Å². The van der Waals surface area contributed by atoms with E-state index in [9.17, 15) is 9.59 Å². The van der Waals surface area contributed by atoms with Crippen LogP contribution in [0.15, 0.2) is 0 Å². The standard InChI is InChI=1S/C13H24O3/c1-3-4-5-6-7-8-12(11-14)9-10-13(15)16-2/h11-12H,3-10H2,1-2H3. The largest absolute Gasteiger partial charge is 0.469 e. The number of aldehydes is 1. The van der Waals surface area contributed by atoms with Gasteiger partial charge >= 0.3 is 5.97 Å². The third-order valence-electron chi connectivity index (χ3n) is 2.82. The van der Waals surface area contributed by atoms with Gasteiger partial charge in [0.05, 0.1) is 7.11 Å². The van der Waals surface area contributed by atoms with Gasteiger partial charge in [-0.1, -0.05) is 39.0 Å². The van der Waals surface area contributed by atoms with E-state index in [1.807, 2.05) is 0 Å². The van der Waals surface area contributed by atoms with Gasteiger partial charge in [-0.25, -0.2) is 0 Å². The molecule has 0 saturated heterocycles. The van der Waals surface area contributed by atoms with Crippen molar-refractivity contribution in [2.45, 2.75) is 58.3 Å². The van der Waals surface area contributed by atoms with E-state index in [4.69, 9.17) is 0 Å². The van der Waals surface area contributed by atoms with E-state index in [1.165, 1.54) is 32.8 Å². The van der Waals surface area contributed by atoms with Crippen LogP contribution in [-0.2, 0) is 14.3 Å². The molecule has 0 aromatic carbocycles. The first-order valence-electron chi connectivity index (χ1n) is 6.26. The summed E-state index contributed by atoms with van der Waals surface area (Å²) < 4.78 is 4.55. The quantitative estimate of drug-likeness (QED) is 0.328. The van der Waals surface area contributed by atoms with Gasteiger partial charge in [-0.3, -0.25) is 4.79 Å². The lowest BCUT2D eigenvalue weighted by Gasteiger charge is -2.08. The maximum absolute atomic E-state index is 10.9. The summed E-state index contributed by atoms with van der Waals surface area (Å²) >= 11 is 0. The first-order chi connectivity index (χ1) is 7.74. The molecule has 0 aliphatic carbocycles. The summed E-state index contributed by atoms with van der Waals surface area (Å²) in [7, 11) is 1.38. The molecular weight excluding hydrogens is 204 g/mol. The zero-order chi connectivity index (χ0) is 12.2. The normalized spacial score (nSPS) is 12.1. The zero-order valence-corrected chi connectivity index (χ0v) is 10.5. The summed E-state index contributed by atoms with van der Waals surface area (Å²) in [4.78, 5) is 21.7. The Kier molecular flexibility index (Phi) is 10.1. The lowest BCUT2D eigenvalue weighted by Crippen LogP contribution is -2.07. The molecule has 0 bridgehead atoms. The van der Waals surface area contributed by atoms with Crippen molar-refractivity contribution in [2.75, 3.05) is 7.11 Å². The highest BCUT2D eigenvalue weighted by atomic mass is 16.5. The van der Waals surface area contributed by atoms with Crippen LogP contribution in [0.5, 0.6) is 0 Å². The SMILES string of the molecule is CCCCCCCC(C=O)CCC(=O)OC. The second-order valence-corrected chi connectivity index (χ2v) is 4.21. The third-order valence-corrected chi connectivity index (χ3v) is 2.82. The van der Waals surface area contributed by atoms with Gasteiger partial charge in [-0.2, -0.15) is 0 Å². The summed E-state index contributed by atoms with van der Waals surface area (Å²) in [5.41, 5.74) is 0. The Morgan fingerprint density at radius 3 is 2.44 bits per heavy atom. The van der Waals surface area contributed by atoms with E-state index in [1.54, 1.807) is 0 Å². The van der Waals surface area contributed by atoms with Crippen LogP contribution in [0.2, 0.25) is 0 Å². The van der Waals surface area contributed by atoms with Crippen molar-refractivity contribution in [2.24, 2.45) is 5.92 Å². The van der Waals surface area contributed by atoms with Crippen molar-refractivity contribution in [3.63, 3.8) is 0 Å². The predicted octanol–water partition coefficient (Wildman–Crippen LogP) is 3.12. The Balaban J connectivity index is 3.51. The molecular formula is C13H24O3. The van der Waals surface area contributed by atoms with Crippen LogP contribution in [0.1, 0.15) is 58.3 Å². The molecule has 0 amide bonds. The van der Waals surface area contributed by atoms with Gasteiger partial charge < -0.3 is 9.53 Å². The van der Waals surface area contributed by atoms with Crippen LogP contribution in [0.3, 0.4) is 0 Å². The smallest absolute Gasteiger partial charge is 0.305 e. The lowest BCUT2D eigenvalue weighted by atomic mass is 9.97. The molecule has 0 saturated carbocycles. The molecule has 3 nitrogen and oxygen atoms in total. The van der Waals surface area contributed by atoms with Gasteiger partial charge in [0.25, 0.3) is 0 Å². The van der Waals surface area contributed by atoms with E-state index in [-0.39, 0.29) is 11.9 Å². The molecule has 94 valence electrons. The van der Waals surface area contributed by atoms with Crippen molar-refractivity contribution in [3.05, 3.63) is 0 Å². The maximum Gasteiger partial charge on any atom is 0.305 e. The molecule has 1 unspecified atom stereocenters. The summed E-state index contributed by atoms with van der Waals surface area (Å²) in [6, 6.07) is 0. The minimum atomic E-state index is -0.224. The first-order valence-corrected chi connectivity index (χ1v) is 6.26. The van der Waals surface area contributed by atoms with Crippen molar-refractivity contribution in [3.8, 4) is 0 Å². The highest BCUT2D eigenvalue weighted by Gasteiger charge is 2.10. The van der Waals surface area contributed by atoms with Crippen LogP contribution < -0.4 is 0 Å². The van der Waals surface area contributed by atoms with Crippen LogP contribution in [0, 0.1) is 5.92 Å². The van der Waals surface area contributed by atoms with Crippen molar-refractivity contribution in [1.29, 1.82) is 0 Å². The second-order valence-electron chi connectivity index (χ2n) is 4.21. The maximum atomic E-state index is 10.9. The predicted molar refractivity (Wildman–Crippen MR) is 64.2 cm³/mol. The molecule has 3 heteroatoms. The number of carbonyl (C=O) groups is 2. The number of ether oxygens (including phenoxy) is 1. The summed E-state index contributed by atoms with van der Waals surface area (Å²) in [5.74, 6) is -0.196. The third kappa shape index (κ3) is 8.45. The van der Waals surface area contributed by atoms with Gasteiger partial charge in [0.1, 0.15) is 6.29 Å². The molecule has 0 aromatic heterocycles. The second kappa shape index (κ2) is 10.7. The molecule has 1 atom stereocenters. The summed E-state index contributed by atoms with van der Waals surface area (Å²) in [6.45, 7) is 2.19. The number of carbonyl (C=O) groups excluding carboxylic acids is 2. The molecule has 0 aliphatic heterocycles. The van der Waals surface area contributed by atoms with E-state index in [0.717, 1.165) is 19.1 Å². The average Bonchev–Trinajstić information content (AvgIpc) is 2.32. The Bertz CT molecular complexity index is 190. The number of rotatable bonds is 10. The summed E-state index contributed by atoms with van der Waals surface area (Å²) in [6.07, 6.45) is 8.90. The van der Waals surface area contributed by atoms with E-state index in [0.29, 0.717) is 12.8 Å². The van der Waals surface area contributed by atoms with Gasteiger partial charge in [-0.15, -0.1) is 0 Å². The molecule has 0 rings (SSSR count). The Labute approximate surface area is 98.6 Å².